The Balaban J connectivity index is 2.16. The van der Waals surface area contributed by atoms with Gasteiger partial charge in [-0.1, -0.05) is 30.3 Å². The average molecular weight is 351 g/mol. The van der Waals surface area contributed by atoms with Gasteiger partial charge in [0.05, 0.1) is 13.7 Å². The molecule has 0 atom stereocenters. The zero-order chi connectivity index (χ0) is 15.1. The molecule has 0 aliphatic carbocycles. The third-order valence-corrected chi connectivity index (χ3v) is 3.78. The van der Waals surface area contributed by atoms with E-state index >= 15 is 0 Å². The Morgan fingerprint density at radius 2 is 1.67 bits per heavy atom. The molecular weight excluding hydrogens is 332 g/mol. The van der Waals surface area contributed by atoms with Crippen LogP contribution in [0.5, 0.6) is 11.5 Å². The van der Waals surface area contributed by atoms with Crippen LogP contribution in [0.25, 0.3) is 0 Å². The van der Waals surface area contributed by atoms with E-state index in [1.165, 1.54) is 0 Å². The van der Waals surface area contributed by atoms with Crippen molar-refractivity contribution in [1.29, 1.82) is 0 Å². The molecule has 0 amide bonds. The van der Waals surface area contributed by atoms with Gasteiger partial charge < -0.3 is 14.2 Å². The summed E-state index contributed by atoms with van der Waals surface area (Å²) in [5.41, 5.74) is 2.15. The first-order chi connectivity index (χ1) is 10.2. The van der Waals surface area contributed by atoms with Crippen LogP contribution in [0.2, 0.25) is 0 Å². The number of ether oxygens (including phenoxy) is 3. The maximum atomic E-state index is 5.90. The lowest BCUT2D eigenvalue weighted by atomic mass is 10.2. The maximum absolute atomic E-state index is 5.90. The summed E-state index contributed by atoms with van der Waals surface area (Å²) in [5.74, 6) is 1.50. The molecule has 112 valence electrons. The number of halogens is 1. The summed E-state index contributed by atoms with van der Waals surface area (Å²) in [4.78, 5) is 0. The van der Waals surface area contributed by atoms with Crippen molar-refractivity contribution in [2.75, 3.05) is 13.7 Å². The molecular formula is C17H19BrO3. The van der Waals surface area contributed by atoms with Gasteiger partial charge in [0, 0.05) is 6.61 Å². The SMILES string of the molecule is CCOCc1cc(OC)c(Br)c(OCc2ccccc2)c1. The summed E-state index contributed by atoms with van der Waals surface area (Å²) in [6.45, 7) is 3.71. The van der Waals surface area contributed by atoms with Gasteiger partial charge in [0.15, 0.2) is 0 Å². The van der Waals surface area contributed by atoms with Crippen molar-refractivity contribution in [3.63, 3.8) is 0 Å². The summed E-state index contributed by atoms with van der Waals surface area (Å²) in [5, 5.41) is 0. The van der Waals surface area contributed by atoms with Crippen LogP contribution in [0.4, 0.5) is 0 Å². The van der Waals surface area contributed by atoms with E-state index in [1.54, 1.807) is 7.11 Å². The molecule has 21 heavy (non-hydrogen) atoms. The number of benzene rings is 2. The van der Waals surface area contributed by atoms with Gasteiger partial charge in [-0.05, 0) is 46.1 Å². The fourth-order valence-electron chi connectivity index (χ4n) is 1.92. The lowest BCUT2D eigenvalue weighted by molar-refractivity contribution is 0.133. The molecule has 0 aromatic heterocycles. The van der Waals surface area contributed by atoms with Gasteiger partial charge in [-0.25, -0.2) is 0 Å². The Labute approximate surface area is 134 Å². The molecule has 0 N–H and O–H groups in total. The third kappa shape index (κ3) is 4.48. The highest BCUT2D eigenvalue weighted by Gasteiger charge is 2.11. The first-order valence-corrected chi connectivity index (χ1v) is 7.64. The number of hydrogen-bond acceptors (Lipinski definition) is 3. The van der Waals surface area contributed by atoms with Crippen molar-refractivity contribution in [2.24, 2.45) is 0 Å². The van der Waals surface area contributed by atoms with Gasteiger partial charge in [0.2, 0.25) is 0 Å². The number of methoxy groups -OCH3 is 1. The molecule has 4 heteroatoms. The third-order valence-electron chi connectivity index (χ3n) is 3.00. The molecule has 0 bridgehead atoms. The normalized spacial score (nSPS) is 10.4. The first kappa shape index (κ1) is 15.9. The summed E-state index contributed by atoms with van der Waals surface area (Å²) < 4.78 is 17.6. The van der Waals surface area contributed by atoms with Crippen LogP contribution in [0.15, 0.2) is 46.9 Å². The van der Waals surface area contributed by atoms with Crippen LogP contribution in [-0.4, -0.2) is 13.7 Å². The van der Waals surface area contributed by atoms with Crippen molar-refractivity contribution in [3.05, 3.63) is 58.1 Å². The Morgan fingerprint density at radius 1 is 0.952 bits per heavy atom. The number of rotatable bonds is 7. The average Bonchev–Trinajstić information content (AvgIpc) is 2.53. The minimum Gasteiger partial charge on any atom is -0.495 e. The van der Waals surface area contributed by atoms with E-state index in [0.29, 0.717) is 19.8 Å². The van der Waals surface area contributed by atoms with Gasteiger partial charge in [-0.2, -0.15) is 0 Å². The predicted octanol–water partition coefficient (Wildman–Crippen LogP) is 4.57. The molecule has 0 saturated carbocycles. The maximum Gasteiger partial charge on any atom is 0.138 e. The van der Waals surface area contributed by atoms with E-state index in [-0.39, 0.29) is 0 Å². The van der Waals surface area contributed by atoms with E-state index in [4.69, 9.17) is 14.2 Å². The molecule has 2 aromatic rings. The second kappa shape index (κ2) is 8.05. The van der Waals surface area contributed by atoms with E-state index < -0.39 is 0 Å². The fourth-order valence-corrected chi connectivity index (χ4v) is 2.42. The van der Waals surface area contributed by atoms with E-state index in [0.717, 1.165) is 27.1 Å². The van der Waals surface area contributed by atoms with Crippen molar-refractivity contribution in [2.45, 2.75) is 20.1 Å². The lowest BCUT2D eigenvalue weighted by Crippen LogP contribution is -2.00. The minimum absolute atomic E-state index is 0.515. The lowest BCUT2D eigenvalue weighted by Gasteiger charge is -2.14. The van der Waals surface area contributed by atoms with Gasteiger partial charge >= 0.3 is 0 Å². The molecule has 0 heterocycles. The molecule has 0 aliphatic heterocycles. The molecule has 2 aromatic carbocycles. The summed E-state index contributed by atoms with van der Waals surface area (Å²) >= 11 is 3.53. The van der Waals surface area contributed by atoms with E-state index in [2.05, 4.69) is 15.9 Å². The van der Waals surface area contributed by atoms with E-state index in [9.17, 15) is 0 Å². The zero-order valence-electron chi connectivity index (χ0n) is 12.3. The van der Waals surface area contributed by atoms with Crippen LogP contribution in [0.1, 0.15) is 18.1 Å². The highest BCUT2D eigenvalue weighted by atomic mass is 79.9. The molecule has 0 radical (unpaired) electrons. The Morgan fingerprint density at radius 3 is 2.33 bits per heavy atom. The summed E-state index contributed by atoms with van der Waals surface area (Å²) in [7, 11) is 1.64. The second-order valence-electron chi connectivity index (χ2n) is 4.52. The molecule has 3 nitrogen and oxygen atoms in total. The predicted molar refractivity (Wildman–Crippen MR) is 86.8 cm³/mol. The van der Waals surface area contributed by atoms with Gasteiger partial charge in [0.25, 0.3) is 0 Å². The second-order valence-corrected chi connectivity index (χ2v) is 5.31. The van der Waals surface area contributed by atoms with Crippen molar-refractivity contribution < 1.29 is 14.2 Å². The monoisotopic (exact) mass is 350 g/mol. The highest BCUT2D eigenvalue weighted by molar-refractivity contribution is 9.10. The highest BCUT2D eigenvalue weighted by Crippen LogP contribution is 2.36. The van der Waals surface area contributed by atoms with Gasteiger partial charge in [0.1, 0.15) is 22.6 Å². The van der Waals surface area contributed by atoms with Gasteiger partial charge in [-0.15, -0.1) is 0 Å². The first-order valence-electron chi connectivity index (χ1n) is 6.85. The topological polar surface area (TPSA) is 27.7 Å². The Bertz CT molecular complexity index is 570. The number of hydrogen-bond donors (Lipinski definition) is 0. The van der Waals surface area contributed by atoms with Crippen molar-refractivity contribution in [1.82, 2.24) is 0 Å². The minimum atomic E-state index is 0.515. The molecule has 2 rings (SSSR count). The largest absolute Gasteiger partial charge is 0.495 e. The standard InChI is InChI=1S/C17H19BrO3/c1-3-20-11-14-9-15(19-2)17(18)16(10-14)21-12-13-7-5-4-6-8-13/h4-10H,3,11-12H2,1-2H3. The van der Waals surface area contributed by atoms with Crippen LogP contribution in [0, 0.1) is 0 Å². The summed E-state index contributed by atoms with van der Waals surface area (Å²) in [6.07, 6.45) is 0. The molecule has 0 fully saturated rings. The van der Waals surface area contributed by atoms with E-state index in [1.807, 2.05) is 49.4 Å². The smallest absolute Gasteiger partial charge is 0.138 e. The molecule has 0 unspecified atom stereocenters. The van der Waals surface area contributed by atoms with Crippen LogP contribution < -0.4 is 9.47 Å². The molecule has 0 spiro atoms. The van der Waals surface area contributed by atoms with Crippen molar-refractivity contribution >= 4 is 15.9 Å². The van der Waals surface area contributed by atoms with Crippen LogP contribution in [-0.2, 0) is 18.0 Å². The quantitative estimate of drug-likeness (QED) is 0.731. The fraction of sp³-hybridized carbons (Fsp3) is 0.294. The van der Waals surface area contributed by atoms with Gasteiger partial charge in [-0.3, -0.25) is 0 Å². The van der Waals surface area contributed by atoms with Crippen LogP contribution in [0.3, 0.4) is 0 Å². The Hall–Kier alpha value is -1.52. The molecule has 0 aliphatic rings. The zero-order valence-corrected chi connectivity index (χ0v) is 13.9. The van der Waals surface area contributed by atoms with Crippen LogP contribution >= 0.6 is 15.9 Å². The summed E-state index contributed by atoms with van der Waals surface area (Å²) in [6, 6.07) is 14.0. The molecule has 0 saturated heterocycles. The Kier molecular flexibility index (Phi) is 6.08. The van der Waals surface area contributed by atoms with Crippen molar-refractivity contribution in [3.8, 4) is 11.5 Å².